The van der Waals surface area contributed by atoms with Crippen LogP contribution < -0.4 is 0 Å². The SMILES string of the molecule is CCN(CC#N)Cc1cc(F)cc(F)c1. The van der Waals surface area contributed by atoms with Crippen molar-refractivity contribution >= 4 is 0 Å². The van der Waals surface area contributed by atoms with Gasteiger partial charge in [0.1, 0.15) is 11.6 Å². The number of nitrogens with zero attached hydrogens (tertiary/aromatic N) is 2. The lowest BCUT2D eigenvalue weighted by Gasteiger charge is -2.16. The first-order valence-electron chi connectivity index (χ1n) is 4.70. The number of hydrogen-bond acceptors (Lipinski definition) is 2. The fourth-order valence-corrected chi connectivity index (χ4v) is 1.34. The molecule has 2 nitrogen and oxygen atoms in total. The summed E-state index contributed by atoms with van der Waals surface area (Å²) in [4.78, 5) is 1.80. The lowest BCUT2D eigenvalue weighted by Crippen LogP contribution is -2.23. The van der Waals surface area contributed by atoms with Gasteiger partial charge in [0.2, 0.25) is 0 Å². The summed E-state index contributed by atoms with van der Waals surface area (Å²) in [6, 6.07) is 5.41. The molecular weight excluding hydrogens is 198 g/mol. The van der Waals surface area contributed by atoms with Crippen LogP contribution in [-0.2, 0) is 6.54 Å². The summed E-state index contributed by atoms with van der Waals surface area (Å²) in [7, 11) is 0. The Bertz CT molecular complexity index is 351. The van der Waals surface area contributed by atoms with E-state index in [1.807, 2.05) is 13.0 Å². The highest BCUT2D eigenvalue weighted by Crippen LogP contribution is 2.10. The lowest BCUT2D eigenvalue weighted by atomic mass is 10.2. The van der Waals surface area contributed by atoms with Gasteiger partial charge < -0.3 is 0 Å². The maximum Gasteiger partial charge on any atom is 0.126 e. The molecule has 0 atom stereocenters. The van der Waals surface area contributed by atoms with Crippen molar-refractivity contribution < 1.29 is 8.78 Å². The Morgan fingerprint density at radius 1 is 1.27 bits per heavy atom. The minimum absolute atomic E-state index is 0.259. The molecule has 0 aliphatic heterocycles. The molecule has 0 saturated carbocycles. The first-order valence-corrected chi connectivity index (χ1v) is 4.70. The van der Waals surface area contributed by atoms with Gasteiger partial charge in [-0.25, -0.2) is 8.78 Å². The third kappa shape index (κ3) is 3.64. The van der Waals surface area contributed by atoms with Crippen LogP contribution >= 0.6 is 0 Å². The normalized spacial score (nSPS) is 10.3. The summed E-state index contributed by atoms with van der Waals surface area (Å²) >= 11 is 0. The van der Waals surface area contributed by atoms with Gasteiger partial charge >= 0.3 is 0 Å². The molecule has 0 aromatic heterocycles. The second kappa shape index (κ2) is 5.42. The third-order valence-corrected chi connectivity index (χ3v) is 2.07. The highest BCUT2D eigenvalue weighted by molar-refractivity contribution is 5.17. The molecule has 1 aromatic carbocycles. The fourth-order valence-electron chi connectivity index (χ4n) is 1.34. The third-order valence-electron chi connectivity index (χ3n) is 2.07. The Labute approximate surface area is 87.7 Å². The predicted octanol–water partition coefficient (Wildman–Crippen LogP) is 2.31. The Kier molecular flexibility index (Phi) is 4.19. The van der Waals surface area contributed by atoms with Gasteiger partial charge in [-0.2, -0.15) is 5.26 Å². The van der Waals surface area contributed by atoms with Crippen LogP contribution in [0.25, 0.3) is 0 Å². The first kappa shape index (κ1) is 11.6. The zero-order valence-corrected chi connectivity index (χ0v) is 8.50. The van der Waals surface area contributed by atoms with Gasteiger partial charge in [-0.3, -0.25) is 4.90 Å². The molecule has 0 radical (unpaired) electrons. The van der Waals surface area contributed by atoms with E-state index >= 15 is 0 Å². The zero-order valence-electron chi connectivity index (χ0n) is 8.50. The first-order chi connectivity index (χ1) is 7.15. The quantitative estimate of drug-likeness (QED) is 0.713. The van der Waals surface area contributed by atoms with E-state index in [0.29, 0.717) is 18.7 Å². The smallest absolute Gasteiger partial charge is 0.126 e. The molecule has 0 N–H and O–H groups in total. The molecule has 0 bridgehead atoms. The Morgan fingerprint density at radius 2 is 1.87 bits per heavy atom. The number of nitriles is 1. The van der Waals surface area contributed by atoms with Gasteiger partial charge in [0, 0.05) is 12.6 Å². The van der Waals surface area contributed by atoms with E-state index in [-0.39, 0.29) is 6.54 Å². The number of rotatable bonds is 4. The van der Waals surface area contributed by atoms with Crippen molar-refractivity contribution in [3.8, 4) is 6.07 Å². The molecule has 0 aliphatic carbocycles. The van der Waals surface area contributed by atoms with Crippen LogP contribution in [0.15, 0.2) is 18.2 Å². The van der Waals surface area contributed by atoms with Crippen LogP contribution in [0, 0.1) is 23.0 Å². The average Bonchev–Trinajstić information content (AvgIpc) is 2.15. The van der Waals surface area contributed by atoms with E-state index < -0.39 is 11.6 Å². The van der Waals surface area contributed by atoms with E-state index in [4.69, 9.17) is 5.26 Å². The maximum absolute atomic E-state index is 12.8. The summed E-state index contributed by atoms with van der Waals surface area (Å²) in [6.07, 6.45) is 0. The Hall–Kier alpha value is -1.47. The summed E-state index contributed by atoms with van der Waals surface area (Å²) in [5.41, 5.74) is 0.546. The van der Waals surface area contributed by atoms with Crippen LogP contribution in [0.5, 0.6) is 0 Å². The van der Waals surface area contributed by atoms with Gasteiger partial charge in [0.25, 0.3) is 0 Å². The second-order valence-corrected chi connectivity index (χ2v) is 3.24. The lowest BCUT2D eigenvalue weighted by molar-refractivity contribution is 0.313. The van der Waals surface area contributed by atoms with Crippen LogP contribution in [0.4, 0.5) is 8.78 Å². The molecule has 0 aliphatic rings. The number of benzene rings is 1. The van der Waals surface area contributed by atoms with Gasteiger partial charge in [0.05, 0.1) is 12.6 Å². The molecule has 0 heterocycles. The summed E-state index contributed by atoms with van der Waals surface area (Å²) in [5.74, 6) is -1.17. The van der Waals surface area contributed by atoms with Crippen LogP contribution in [-0.4, -0.2) is 18.0 Å². The summed E-state index contributed by atoms with van der Waals surface area (Å²) in [6.45, 7) is 3.21. The zero-order chi connectivity index (χ0) is 11.3. The largest absolute Gasteiger partial charge is 0.287 e. The minimum atomic E-state index is -0.585. The maximum atomic E-state index is 12.8. The molecule has 1 rings (SSSR count). The van der Waals surface area contributed by atoms with Gasteiger partial charge in [-0.05, 0) is 24.2 Å². The van der Waals surface area contributed by atoms with Crippen molar-refractivity contribution in [1.82, 2.24) is 4.90 Å². The number of halogens is 2. The molecule has 1 aromatic rings. The summed E-state index contributed by atoms with van der Waals surface area (Å²) < 4.78 is 25.7. The molecule has 0 saturated heterocycles. The predicted molar refractivity (Wildman–Crippen MR) is 52.9 cm³/mol. The van der Waals surface area contributed by atoms with E-state index in [2.05, 4.69) is 0 Å². The van der Waals surface area contributed by atoms with Gasteiger partial charge in [0.15, 0.2) is 0 Å². The molecule has 0 unspecified atom stereocenters. The average molecular weight is 210 g/mol. The molecule has 4 heteroatoms. The molecular formula is C11H12F2N2. The highest BCUT2D eigenvalue weighted by atomic mass is 19.1. The minimum Gasteiger partial charge on any atom is -0.287 e. The van der Waals surface area contributed by atoms with Crippen molar-refractivity contribution in [3.05, 3.63) is 35.4 Å². The van der Waals surface area contributed by atoms with E-state index in [0.717, 1.165) is 6.07 Å². The van der Waals surface area contributed by atoms with Crippen molar-refractivity contribution in [1.29, 1.82) is 5.26 Å². The van der Waals surface area contributed by atoms with Crippen molar-refractivity contribution in [3.63, 3.8) is 0 Å². The summed E-state index contributed by atoms with van der Waals surface area (Å²) in [5, 5.41) is 8.52. The molecule has 80 valence electrons. The number of hydrogen-bond donors (Lipinski definition) is 0. The van der Waals surface area contributed by atoms with Gasteiger partial charge in [-0.1, -0.05) is 6.92 Å². The standard InChI is InChI=1S/C11H12F2N2/c1-2-15(4-3-14)8-9-5-10(12)7-11(13)6-9/h5-7H,2,4,8H2,1H3. The van der Waals surface area contributed by atoms with Crippen LogP contribution in [0.2, 0.25) is 0 Å². The topological polar surface area (TPSA) is 27.0 Å². The van der Waals surface area contributed by atoms with Crippen molar-refractivity contribution in [2.75, 3.05) is 13.1 Å². The van der Waals surface area contributed by atoms with E-state index in [1.54, 1.807) is 4.90 Å². The monoisotopic (exact) mass is 210 g/mol. The molecule has 15 heavy (non-hydrogen) atoms. The molecule has 0 fully saturated rings. The van der Waals surface area contributed by atoms with Crippen molar-refractivity contribution in [2.45, 2.75) is 13.5 Å². The highest BCUT2D eigenvalue weighted by Gasteiger charge is 2.05. The van der Waals surface area contributed by atoms with Crippen LogP contribution in [0.3, 0.4) is 0 Å². The van der Waals surface area contributed by atoms with Crippen LogP contribution in [0.1, 0.15) is 12.5 Å². The molecule has 0 spiro atoms. The fraction of sp³-hybridized carbons (Fsp3) is 0.364. The molecule has 0 amide bonds. The van der Waals surface area contributed by atoms with E-state index in [1.165, 1.54) is 12.1 Å². The Balaban J connectivity index is 2.75. The van der Waals surface area contributed by atoms with Gasteiger partial charge in [-0.15, -0.1) is 0 Å². The second-order valence-electron chi connectivity index (χ2n) is 3.24. The van der Waals surface area contributed by atoms with E-state index in [9.17, 15) is 8.78 Å². The Morgan fingerprint density at radius 3 is 2.33 bits per heavy atom. The van der Waals surface area contributed by atoms with Crippen molar-refractivity contribution in [2.24, 2.45) is 0 Å².